The lowest BCUT2D eigenvalue weighted by molar-refractivity contribution is 0.185. The van der Waals surface area contributed by atoms with Gasteiger partial charge in [-0.15, -0.1) is 0 Å². The van der Waals surface area contributed by atoms with Gasteiger partial charge in [-0.2, -0.15) is 0 Å². The minimum atomic E-state index is -0.205. The Kier molecular flexibility index (Phi) is 2.87. The Labute approximate surface area is 104 Å². The summed E-state index contributed by atoms with van der Waals surface area (Å²) < 4.78 is 1.92. The number of fused-ring (bicyclic) bond motifs is 1. The van der Waals surface area contributed by atoms with Gasteiger partial charge in [0.2, 0.25) is 0 Å². The maximum Gasteiger partial charge on any atom is 0.278 e. The Morgan fingerprint density at radius 3 is 3.06 bits per heavy atom. The number of nitrogens with one attached hydrogen (secondary N) is 1. The van der Waals surface area contributed by atoms with Crippen molar-refractivity contribution in [1.29, 1.82) is 0 Å². The summed E-state index contributed by atoms with van der Waals surface area (Å²) in [5.74, 6) is 0.818. The Balaban J connectivity index is 1.91. The van der Waals surface area contributed by atoms with Gasteiger partial charge < -0.3 is 14.7 Å². The lowest BCUT2D eigenvalue weighted by Crippen LogP contribution is -2.18. The standard InChI is InChI=1S/C12H16N4O2/c17-5-9-3-1-2-8(9)4-16-7-15-10-11(16)13-6-14-12(10)18/h6-9,17H,1-5H2,(H,13,14,18)/t8-,9-/m1/s1. The second-order valence-electron chi connectivity index (χ2n) is 4.93. The molecule has 1 aliphatic carbocycles. The van der Waals surface area contributed by atoms with E-state index >= 15 is 0 Å². The third-order valence-electron chi connectivity index (χ3n) is 3.89. The Bertz CT molecular complexity index is 603. The highest BCUT2D eigenvalue weighted by atomic mass is 16.3. The van der Waals surface area contributed by atoms with E-state index in [1.165, 1.54) is 6.33 Å². The van der Waals surface area contributed by atoms with Crippen molar-refractivity contribution < 1.29 is 5.11 Å². The highest BCUT2D eigenvalue weighted by Crippen LogP contribution is 2.32. The number of aliphatic hydroxyl groups is 1. The molecule has 18 heavy (non-hydrogen) atoms. The molecule has 0 spiro atoms. The molecule has 0 aliphatic heterocycles. The van der Waals surface area contributed by atoms with Gasteiger partial charge in [0.15, 0.2) is 11.2 Å². The Hall–Kier alpha value is -1.69. The van der Waals surface area contributed by atoms with Crippen LogP contribution in [-0.4, -0.2) is 31.2 Å². The number of hydrogen-bond donors (Lipinski definition) is 2. The zero-order valence-corrected chi connectivity index (χ0v) is 10.0. The molecule has 2 heterocycles. The predicted octanol–water partition coefficient (Wildman–Crippen LogP) is 0.528. The van der Waals surface area contributed by atoms with Gasteiger partial charge in [0.25, 0.3) is 5.56 Å². The number of rotatable bonds is 3. The van der Waals surface area contributed by atoms with Crippen molar-refractivity contribution in [3.05, 3.63) is 23.0 Å². The molecule has 2 atom stereocenters. The van der Waals surface area contributed by atoms with E-state index in [2.05, 4.69) is 15.0 Å². The van der Waals surface area contributed by atoms with E-state index in [9.17, 15) is 9.90 Å². The number of aromatic amines is 1. The molecule has 96 valence electrons. The molecule has 0 unspecified atom stereocenters. The molecule has 0 bridgehead atoms. The molecule has 6 heteroatoms. The first-order chi connectivity index (χ1) is 8.79. The third kappa shape index (κ3) is 1.82. The van der Waals surface area contributed by atoms with Crippen LogP contribution in [0.2, 0.25) is 0 Å². The fourth-order valence-electron chi connectivity index (χ4n) is 2.87. The van der Waals surface area contributed by atoms with Gasteiger partial charge in [-0.3, -0.25) is 4.79 Å². The van der Waals surface area contributed by atoms with Crippen LogP contribution in [0.25, 0.3) is 11.2 Å². The summed E-state index contributed by atoms with van der Waals surface area (Å²) in [6.45, 7) is 1.02. The van der Waals surface area contributed by atoms with Crippen molar-refractivity contribution in [2.45, 2.75) is 25.8 Å². The lowest BCUT2D eigenvalue weighted by atomic mass is 9.97. The molecule has 0 amide bonds. The smallest absolute Gasteiger partial charge is 0.278 e. The topological polar surface area (TPSA) is 83.8 Å². The van der Waals surface area contributed by atoms with Crippen LogP contribution >= 0.6 is 0 Å². The van der Waals surface area contributed by atoms with E-state index in [1.807, 2.05) is 4.57 Å². The molecule has 3 rings (SSSR count). The van der Waals surface area contributed by atoms with E-state index in [0.29, 0.717) is 23.0 Å². The third-order valence-corrected chi connectivity index (χ3v) is 3.89. The number of aromatic nitrogens is 4. The number of imidazole rings is 1. The minimum absolute atomic E-state index is 0.205. The first-order valence-electron chi connectivity index (χ1n) is 6.29. The van der Waals surface area contributed by atoms with Crippen LogP contribution < -0.4 is 5.56 Å². The van der Waals surface area contributed by atoms with Gasteiger partial charge in [0, 0.05) is 13.2 Å². The zero-order valence-electron chi connectivity index (χ0n) is 10.0. The molecule has 0 saturated heterocycles. The second kappa shape index (κ2) is 4.53. The van der Waals surface area contributed by atoms with Crippen LogP contribution in [0, 0.1) is 11.8 Å². The average molecular weight is 248 g/mol. The van der Waals surface area contributed by atoms with Crippen molar-refractivity contribution in [3.63, 3.8) is 0 Å². The van der Waals surface area contributed by atoms with Gasteiger partial charge in [0.05, 0.1) is 12.7 Å². The number of hydrogen-bond acceptors (Lipinski definition) is 4. The van der Waals surface area contributed by atoms with Crippen LogP contribution in [0.1, 0.15) is 19.3 Å². The Morgan fingerprint density at radius 1 is 1.39 bits per heavy atom. The maximum atomic E-state index is 11.5. The predicted molar refractivity (Wildman–Crippen MR) is 66.1 cm³/mol. The lowest BCUT2D eigenvalue weighted by Gasteiger charge is -2.17. The van der Waals surface area contributed by atoms with Crippen molar-refractivity contribution >= 4 is 11.2 Å². The Morgan fingerprint density at radius 2 is 2.22 bits per heavy atom. The molecule has 1 aliphatic rings. The van der Waals surface area contributed by atoms with Gasteiger partial charge in [-0.25, -0.2) is 9.97 Å². The van der Waals surface area contributed by atoms with Crippen LogP contribution in [-0.2, 0) is 6.54 Å². The summed E-state index contributed by atoms with van der Waals surface area (Å²) in [4.78, 5) is 22.3. The average Bonchev–Trinajstić information content (AvgIpc) is 2.98. The summed E-state index contributed by atoms with van der Waals surface area (Å²) in [7, 11) is 0. The van der Waals surface area contributed by atoms with Crippen molar-refractivity contribution in [2.75, 3.05) is 6.61 Å². The van der Waals surface area contributed by atoms with Crippen LogP contribution in [0.5, 0.6) is 0 Å². The van der Waals surface area contributed by atoms with E-state index in [1.54, 1.807) is 6.33 Å². The van der Waals surface area contributed by atoms with E-state index < -0.39 is 0 Å². The molecule has 1 fully saturated rings. The van der Waals surface area contributed by atoms with Crippen LogP contribution in [0.4, 0.5) is 0 Å². The zero-order chi connectivity index (χ0) is 12.5. The van der Waals surface area contributed by atoms with Gasteiger partial charge in [-0.1, -0.05) is 6.42 Å². The first-order valence-corrected chi connectivity index (χ1v) is 6.29. The maximum absolute atomic E-state index is 11.5. The van der Waals surface area contributed by atoms with Gasteiger partial charge in [0.1, 0.15) is 0 Å². The second-order valence-corrected chi connectivity index (χ2v) is 4.93. The highest BCUT2D eigenvalue weighted by molar-refractivity contribution is 5.68. The number of nitrogens with zero attached hydrogens (tertiary/aromatic N) is 3. The molecule has 2 aromatic rings. The van der Waals surface area contributed by atoms with Gasteiger partial charge >= 0.3 is 0 Å². The van der Waals surface area contributed by atoms with E-state index in [-0.39, 0.29) is 12.2 Å². The van der Waals surface area contributed by atoms with Crippen molar-refractivity contribution in [2.24, 2.45) is 11.8 Å². The highest BCUT2D eigenvalue weighted by Gasteiger charge is 2.27. The van der Waals surface area contributed by atoms with E-state index in [0.717, 1.165) is 25.8 Å². The largest absolute Gasteiger partial charge is 0.396 e. The molecule has 2 N–H and O–H groups in total. The fourth-order valence-corrected chi connectivity index (χ4v) is 2.87. The number of H-pyrrole nitrogens is 1. The monoisotopic (exact) mass is 248 g/mol. The first kappa shape index (κ1) is 11.4. The van der Waals surface area contributed by atoms with Crippen molar-refractivity contribution in [3.8, 4) is 0 Å². The minimum Gasteiger partial charge on any atom is -0.396 e. The quantitative estimate of drug-likeness (QED) is 0.829. The molecule has 2 aromatic heterocycles. The van der Waals surface area contributed by atoms with Crippen LogP contribution in [0.15, 0.2) is 17.4 Å². The molecule has 0 aromatic carbocycles. The summed E-state index contributed by atoms with van der Waals surface area (Å²) in [5, 5.41) is 9.33. The SMILES string of the molecule is O=c1[nH]cnc2c1ncn2C[C@H]1CCC[C@@H]1CO. The molecular formula is C12H16N4O2. The number of aliphatic hydroxyl groups excluding tert-OH is 1. The molecule has 1 saturated carbocycles. The summed E-state index contributed by atoms with van der Waals surface area (Å²) >= 11 is 0. The van der Waals surface area contributed by atoms with Crippen molar-refractivity contribution in [1.82, 2.24) is 19.5 Å². The van der Waals surface area contributed by atoms with Gasteiger partial charge in [-0.05, 0) is 24.7 Å². The fraction of sp³-hybridized carbons (Fsp3) is 0.583. The molecule has 0 radical (unpaired) electrons. The molecular weight excluding hydrogens is 232 g/mol. The molecule has 6 nitrogen and oxygen atoms in total. The summed E-state index contributed by atoms with van der Waals surface area (Å²) in [6.07, 6.45) is 6.44. The van der Waals surface area contributed by atoms with E-state index in [4.69, 9.17) is 0 Å². The summed E-state index contributed by atoms with van der Waals surface area (Å²) in [5.41, 5.74) is 0.808. The van der Waals surface area contributed by atoms with Crippen LogP contribution in [0.3, 0.4) is 0 Å². The summed E-state index contributed by atoms with van der Waals surface area (Å²) in [6, 6.07) is 0. The normalized spacial score (nSPS) is 23.8.